The monoisotopic (exact) mass is 435 g/mol. The lowest BCUT2D eigenvalue weighted by atomic mass is 10.1. The van der Waals surface area contributed by atoms with Crippen LogP contribution in [0.3, 0.4) is 0 Å². The number of halogens is 1. The summed E-state index contributed by atoms with van der Waals surface area (Å²) in [5.74, 6) is -1.55. The average Bonchev–Trinajstić information content (AvgIpc) is 2.67. The molecule has 2 aromatic carbocycles. The maximum Gasteiger partial charge on any atom is 0.321 e. The van der Waals surface area contributed by atoms with Gasteiger partial charge in [-0.1, -0.05) is 17.7 Å². The fourth-order valence-corrected chi connectivity index (χ4v) is 3.47. The minimum Gasteiger partial charge on any atom is -0.455 e. The van der Waals surface area contributed by atoms with Crippen LogP contribution in [0.5, 0.6) is 0 Å². The molecule has 0 radical (unpaired) electrons. The molecule has 1 amide bonds. The summed E-state index contributed by atoms with van der Waals surface area (Å²) >= 11 is 5.87. The molecule has 0 aromatic heterocycles. The average molecular weight is 436 g/mol. The number of hydrogen-bond acceptors (Lipinski definition) is 6. The molecular formula is C19H18ClN3O5S. The van der Waals surface area contributed by atoms with Gasteiger partial charge in [-0.25, -0.2) is 8.42 Å². The molecule has 0 saturated heterocycles. The summed E-state index contributed by atoms with van der Waals surface area (Å²) in [7, 11) is -3.89. The smallest absolute Gasteiger partial charge is 0.321 e. The number of ether oxygens (including phenoxy) is 1. The molecule has 0 spiro atoms. The van der Waals surface area contributed by atoms with Crippen molar-refractivity contribution in [2.75, 3.05) is 18.5 Å². The summed E-state index contributed by atoms with van der Waals surface area (Å²) < 4.78 is 31.4. The third kappa shape index (κ3) is 6.29. The lowest BCUT2D eigenvalue weighted by Gasteiger charge is -2.09. The van der Waals surface area contributed by atoms with E-state index in [0.717, 1.165) is 11.1 Å². The quantitative estimate of drug-likeness (QED) is 0.642. The van der Waals surface area contributed by atoms with Gasteiger partial charge in [0.05, 0.1) is 15.5 Å². The van der Waals surface area contributed by atoms with Gasteiger partial charge >= 0.3 is 5.97 Å². The molecule has 0 aliphatic heterocycles. The number of anilines is 1. The number of carbonyl (C=O) groups is 2. The molecule has 0 fully saturated rings. The highest BCUT2D eigenvalue weighted by Gasteiger charge is 2.17. The number of nitriles is 1. The molecule has 0 heterocycles. The van der Waals surface area contributed by atoms with E-state index >= 15 is 0 Å². The summed E-state index contributed by atoms with van der Waals surface area (Å²) in [6.07, 6.45) is 0. The largest absolute Gasteiger partial charge is 0.455 e. The fourth-order valence-electron chi connectivity index (χ4n) is 2.20. The molecule has 152 valence electrons. The number of hydrogen-bond donors (Lipinski definition) is 2. The first-order chi connectivity index (χ1) is 13.6. The molecule has 0 bridgehead atoms. The Hall–Kier alpha value is -2.93. The number of aryl methyl sites for hydroxylation is 2. The molecule has 2 N–H and O–H groups in total. The van der Waals surface area contributed by atoms with Crippen LogP contribution < -0.4 is 10.0 Å². The Morgan fingerprint density at radius 3 is 2.48 bits per heavy atom. The first-order valence-electron chi connectivity index (χ1n) is 8.34. The summed E-state index contributed by atoms with van der Waals surface area (Å²) in [6.45, 7) is 2.41. The van der Waals surface area contributed by atoms with Gasteiger partial charge in [-0.2, -0.15) is 9.98 Å². The summed E-state index contributed by atoms with van der Waals surface area (Å²) in [5, 5.41) is 11.4. The van der Waals surface area contributed by atoms with E-state index in [1.54, 1.807) is 13.0 Å². The zero-order valence-electron chi connectivity index (χ0n) is 15.7. The van der Waals surface area contributed by atoms with Crippen LogP contribution in [0, 0.1) is 25.2 Å². The van der Waals surface area contributed by atoms with E-state index in [4.69, 9.17) is 21.6 Å². The highest BCUT2D eigenvalue weighted by molar-refractivity contribution is 7.89. The Kier molecular flexibility index (Phi) is 7.34. The molecule has 2 aromatic rings. The van der Waals surface area contributed by atoms with Gasteiger partial charge in [0.1, 0.15) is 12.6 Å². The van der Waals surface area contributed by atoms with E-state index in [-0.39, 0.29) is 15.5 Å². The van der Waals surface area contributed by atoms with E-state index in [1.807, 2.05) is 13.0 Å². The van der Waals surface area contributed by atoms with Crippen LogP contribution in [0.4, 0.5) is 5.69 Å². The number of benzene rings is 2. The molecule has 2 rings (SSSR count). The topological polar surface area (TPSA) is 125 Å². The van der Waals surface area contributed by atoms with Crippen molar-refractivity contribution in [3.63, 3.8) is 0 Å². The Balaban J connectivity index is 1.84. The summed E-state index contributed by atoms with van der Waals surface area (Å²) in [4.78, 5) is 23.6. The third-order valence-corrected chi connectivity index (χ3v) is 5.64. The maximum atomic E-state index is 12.2. The first-order valence-corrected chi connectivity index (χ1v) is 10.2. The van der Waals surface area contributed by atoms with Crippen molar-refractivity contribution in [3.8, 4) is 6.07 Å². The van der Waals surface area contributed by atoms with Crippen LogP contribution >= 0.6 is 11.6 Å². The van der Waals surface area contributed by atoms with Gasteiger partial charge in [-0.05, 0) is 55.3 Å². The van der Waals surface area contributed by atoms with Crippen molar-refractivity contribution < 1.29 is 22.7 Å². The molecule has 8 nitrogen and oxygen atoms in total. The normalized spacial score (nSPS) is 10.8. The van der Waals surface area contributed by atoms with Crippen LogP contribution in [0.1, 0.15) is 16.7 Å². The molecule has 0 saturated carbocycles. The number of nitrogens with zero attached hydrogens (tertiary/aromatic N) is 1. The van der Waals surface area contributed by atoms with Crippen LogP contribution in [-0.4, -0.2) is 33.4 Å². The predicted molar refractivity (Wildman–Crippen MR) is 107 cm³/mol. The number of sulfonamides is 1. The third-order valence-electron chi connectivity index (χ3n) is 3.93. The van der Waals surface area contributed by atoms with Crippen LogP contribution in [-0.2, 0) is 24.3 Å². The van der Waals surface area contributed by atoms with Gasteiger partial charge in [0.25, 0.3) is 5.91 Å². The Morgan fingerprint density at radius 1 is 1.14 bits per heavy atom. The Bertz CT molecular complexity index is 1090. The molecular weight excluding hydrogens is 418 g/mol. The van der Waals surface area contributed by atoms with E-state index in [9.17, 15) is 18.0 Å². The van der Waals surface area contributed by atoms with Gasteiger partial charge in [0.2, 0.25) is 10.0 Å². The van der Waals surface area contributed by atoms with Gasteiger partial charge in [-0.3, -0.25) is 9.59 Å². The van der Waals surface area contributed by atoms with Crippen LogP contribution in [0.25, 0.3) is 0 Å². The highest BCUT2D eigenvalue weighted by atomic mass is 35.5. The number of amides is 1. The molecule has 29 heavy (non-hydrogen) atoms. The molecule has 10 heteroatoms. The summed E-state index contributed by atoms with van der Waals surface area (Å²) in [5.41, 5.74) is 2.32. The summed E-state index contributed by atoms with van der Waals surface area (Å²) in [6, 6.07) is 10.8. The van der Waals surface area contributed by atoms with E-state index < -0.39 is 35.1 Å². The number of nitrogens with one attached hydrogen (secondary N) is 2. The highest BCUT2D eigenvalue weighted by Crippen LogP contribution is 2.20. The molecule has 0 aliphatic rings. The van der Waals surface area contributed by atoms with Crippen molar-refractivity contribution in [1.82, 2.24) is 4.72 Å². The first kappa shape index (κ1) is 22.4. The van der Waals surface area contributed by atoms with E-state index in [0.29, 0.717) is 5.69 Å². The fraction of sp³-hybridized carbons (Fsp3) is 0.211. The van der Waals surface area contributed by atoms with E-state index in [1.165, 1.54) is 30.3 Å². The number of carbonyl (C=O) groups excluding carboxylic acids is 2. The van der Waals surface area contributed by atoms with Crippen molar-refractivity contribution >= 4 is 39.2 Å². The standard InChI is InChI=1S/C19H18ClN3O5S/c1-12-3-6-16(7-13(12)2)29(26,27)22-10-19(25)28-11-18(24)23-15-5-4-14(9-21)17(20)8-15/h3-8,22H,10-11H2,1-2H3,(H,23,24). The zero-order chi connectivity index (χ0) is 21.6. The lowest BCUT2D eigenvalue weighted by molar-refractivity contribution is -0.146. The number of rotatable bonds is 7. The van der Waals surface area contributed by atoms with Crippen molar-refractivity contribution in [3.05, 3.63) is 58.1 Å². The minimum absolute atomic E-state index is 0.0313. The second-order valence-electron chi connectivity index (χ2n) is 6.09. The van der Waals surface area contributed by atoms with Gasteiger partial charge in [0.15, 0.2) is 6.61 Å². The second-order valence-corrected chi connectivity index (χ2v) is 8.26. The Morgan fingerprint density at radius 2 is 1.86 bits per heavy atom. The molecule has 0 aliphatic carbocycles. The lowest BCUT2D eigenvalue weighted by Crippen LogP contribution is -2.32. The predicted octanol–water partition coefficient (Wildman–Crippen LogP) is 2.29. The van der Waals surface area contributed by atoms with Gasteiger partial charge in [0, 0.05) is 5.69 Å². The second kappa shape index (κ2) is 9.52. The van der Waals surface area contributed by atoms with Crippen LogP contribution in [0.2, 0.25) is 5.02 Å². The Labute approximate surface area is 173 Å². The zero-order valence-corrected chi connectivity index (χ0v) is 17.2. The van der Waals surface area contributed by atoms with Crippen LogP contribution in [0.15, 0.2) is 41.3 Å². The molecule has 0 atom stereocenters. The number of esters is 1. The maximum absolute atomic E-state index is 12.2. The van der Waals surface area contributed by atoms with Crippen molar-refractivity contribution in [2.45, 2.75) is 18.7 Å². The van der Waals surface area contributed by atoms with Gasteiger partial charge < -0.3 is 10.1 Å². The molecule has 0 unspecified atom stereocenters. The van der Waals surface area contributed by atoms with Gasteiger partial charge in [-0.15, -0.1) is 0 Å². The SMILES string of the molecule is Cc1ccc(S(=O)(=O)NCC(=O)OCC(=O)Nc2ccc(C#N)c(Cl)c2)cc1C. The minimum atomic E-state index is -3.89. The van der Waals surface area contributed by atoms with Crippen molar-refractivity contribution in [1.29, 1.82) is 5.26 Å². The van der Waals surface area contributed by atoms with Crippen molar-refractivity contribution in [2.24, 2.45) is 0 Å². The van der Waals surface area contributed by atoms with E-state index in [2.05, 4.69) is 10.0 Å².